The maximum atomic E-state index is 14.4. The molecule has 8 nitrogen and oxygen atoms in total. The fourth-order valence-corrected chi connectivity index (χ4v) is 4.69. The lowest BCUT2D eigenvalue weighted by Crippen LogP contribution is -2.23. The van der Waals surface area contributed by atoms with E-state index in [0.29, 0.717) is 27.9 Å². The molecular formula is C24H23FN6O2S. The Kier molecular flexibility index (Phi) is 5.82. The van der Waals surface area contributed by atoms with Gasteiger partial charge in [0.05, 0.1) is 22.7 Å². The Morgan fingerprint density at radius 1 is 1.12 bits per heavy atom. The van der Waals surface area contributed by atoms with Gasteiger partial charge in [0.1, 0.15) is 11.5 Å². The zero-order valence-corrected chi connectivity index (χ0v) is 19.6. The number of para-hydroxylation sites is 1. The number of benzene rings is 2. The van der Waals surface area contributed by atoms with Gasteiger partial charge in [-0.25, -0.2) is 9.07 Å². The average molecular weight is 479 g/mol. The SMILES string of the molecule is Cc1c(NC(=O)CSc2nnc(-c3ccccc3F)n2C2CC2)c(=O)n(-c2ccccc2)n1C. The number of carbonyl (C=O) groups is 1. The van der Waals surface area contributed by atoms with Crippen molar-refractivity contribution in [1.82, 2.24) is 24.1 Å². The third-order valence-corrected chi connectivity index (χ3v) is 6.79. The van der Waals surface area contributed by atoms with Crippen molar-refractivity contribution < 1.29 is 9.18 Å². The van der Waals surface area contributed by atoms with Crippen LogP contribution in [-0.4, -0.2) is 35.8 Å². The summed E-state index contributed by atoms with van der Waals surface area (Å²) >= 11 is 1.22. The average Bonchev–Trinajstić information content (AvgIpc) is 3.56. The van der Waals surface area contributed by atoms with Gasteiger partial charge in [0.2, 0.25) is 5.91 Å². The molecule has 174 valence electrons. The first-order valence-corrected chi connectivity index (χ1v) is 11.9. The molecule has 2 heterocycles. The first kappa shape index (κ1) is 22.1. The van der Waals surface area contributed by atoms with Gasteiger partial charge in [-0.05, 0) is 44.0 Å². The second-order valence-electron chi connectivity index (χ2n) is 8.16. The smallest absolute Gasteiger partial charge is 0.295 e. The normalized spacial score (nSPS) is 13.3. The van der Waals surface area contributed by atoms with E-state index < -0.39 is 0 Å². The molecule has 34 heavy (non-hydrogen) atoms. The van der Waals surface area contributed by atoms with Crippen LogP contribution in [-0.2, 0) is 11.8 Å². The third kappa shape index (κ3) is 4.05. The fraction of sp³-hybridized carbons (Fsp3) is 0.250. The zero-order chi connectivity index (χ0) is 23.8. The summed E-state index contributed by atoms with van der Waals surface area (Å²) in [7, 11) is 1.77. The van der Waals surface area contributed by atoms with Crippen LogP contribution in [0.1, 0.15) is 24.6 Å². The largest absolute Gasteiger partial charge is 0.319 e. The standard InChI is InChI=1S/C24H23FN6O2S/c1-15-21(23(33)31(29(15)2)17-8-4-3-5-9-17)26-20(32)14-34-24-28-27-22(30(24)16-12-13-16)18-10-6-7-11-19(18)25/h3-11,16H,12-14H2,1-2H3,(H,26,32). The topological polar surface area (TPSA) is 86.7 Å². The number of thioether (sulfide) groups is 1. The summed E-state index contributed by atoms with van der Waals surface area (Å²) in [6.45, 7) is 1.79. The van der Waals surface area contributed by atoms with Crippen molar-refractivity contribution in [1.29, 1.82) is 0 Å². The number of amides is 1. The monoisotopic (exact) mass is 478 g/mol. The van der Waals surface area contributed by atoms with Crippen LogP contribution >= 0.6 is 11.8 Å². The van der Waals surface area contributed by atoms with Gasteiger partial charge in [0.25, 0.3) is 5.56 Å². The molecule has 1 amide bonds. The number of carbonyl (C=O) groups excluding carboxylic acids is 1. The van der Waals surface area contributed by atoms with Crippen LogP contribution in [0.3, 0.4) is 0 Å². The predicted octanol–water partition coefficient (Wildman–Crippen LogP) is 3.95. The highest BCUT2D eigenvalue weighted by molar-refractivity contribution is 7.99. The molecule has 2 aromatic carbocycles. The molecule has 0 radical (unpaired) electrons. The minimum absolute atomic E-state index is 0.0429. The first-order valence-electron chi connectivity index (χ1n) is 10.9. The molecule has 0 saturated heterocycles. The number of halogens is 1. The van der Waals surface area contributed by atoms with Crippen LogP contribution in [0.25, 0.3) is 17.1 Å². The van der Waals surface area contributed by atoms with Crippen molar-refractivity contribution in [2.75, 3.05) is 11.1 Å². The lowest BCUT2D eigenvalue weighted by atomic mass is 10.2. The van der Waals surface area contributed by atoms with Crippen LogP contribution in [0, 0.1) is 12.7 Å². The van der Waals surface area contributed by atoms with E-state index in [9.17, 15) is 14.0 Å². The van der Waals surface area contributed by atoms with E-state index in [2.05, 4.69) is 15.5 Å². The van der Waals surface area contributed by atoms with E-state index in [1.54, 1.807) is 36.9 Å². The molecule has 0 atom stereocenters. The van der Waals surface area contributed by atoms with E-state index >= 15 is 0 Å². The highest BCUT2D eigenvalue weighted by Gasteiger charge is 2.31. The number of hydrogen-bond acceptors (Lipinski definition) is 5. The Hall–Kier alpha value is -3.66. The Morgan fingerprint density at radius 2 is 1.82 bits per heavy atom. The lowest BCUT2D eigenvalue weighted by molar-refractivity contribution is -0.113. The first-order chi connectivity index (χ1) is 16.5. The van der Waals surface area contributed by atoms with Gasteiger partial charge in [-0.3, -0.25) is 18.8 Å². The van der Waals surface area contributed by atoms with Crippen molar-refractivity contribution in [2.24, 2.45) is 7.05 Å². The van der Waals surface area contributed by atoms with Crippen LogP contribution in [0.4, 0.5) is 10.1 Å². The highest BCUT2D eigenvalue weighted by Crippen LogP contribution is 2.41. The highest BCUT2D eigenvalue weighted by atomic mass is 32.2. The van der Waals surface area contributed by atoms with E-state index in [1.165, 1.54) is 22.5 Å². The predicted molar refractivity (Wildman–Crippen MR) is 129 cm³/mol. The molecule has 0 bridgehead atoms. The second kappa shape index (κ2) is 8.94. The van der Waals surface area contributed by atoms with Gasteiger partial charge in [-0.1, -0.05) is 42.1 Å². The summed E-state index contributed by atoms with van der Waals surface area (Å²) in [5.74, 6) is -0.177. The minimum Gasteiger partial charge on any atom is -0.319 e. The van der Waals surface area contributed by atoms with Crippen molar-refractivity contribution in [2.45, 2.75) is 31.0 Å². The Balaban J connectivity index is 1.35. The Morgan fingerprint density at radius 3 is 2.53 bits per heavy atom. The van der Waals surface area contributed by atoms with Crippen molar-refractivity contribution in [3.8, 4) is 17.1 Å². The molecule has 10 heteroatoms. The molecule has 1 N–H and O–H groups in total. The van der Waals surface area contributed by atoms with Crippen molar-refractivity contribution in [3.05, 3.63) is 76.5 Å². The molecule has 1 saturated carbocycles. The van der Waals surface area contributed by atoms with E-state index in [1.807, 2.05) is 34.9 Å². The van der Waals surface area contributed by atoms with Gasteiger partial charge in [0, 0.05) is 13.1 Å². The Bertz CT molecular complexity index is 1420. The summed E-state index contributed by atoms with van der Waals surface area (Å²) < 4.78 is 19.5. The van der Waals surface area contributed by atoms with Gasteiger partial charge in [0.15, 0.2) is 11.0 Å². The van der Waals surface area contributed by atoms with Crippen LogP contribution < -0.4 is 10.9 Å². The molecular weight excluding hydrogens is 455 g/mol. The quantitative estimate of drug-likeness (QED) is 0.407. The molecule has 0 aliphatic heterocycles. The minimum atomic E-state index is -0.361. The number of nitrogens with zero attached hydrogens (tertiary/aromatic N) is 5. The number of anilines is 1. The number of hydrogen-bond donors (Lipinski definition) is 1. The molecule has 5 rings (SSSR count). The third-order valence-electron chi connectivity index (χ3n) is 5.84. The summed E-state index contributed by atoms with van der Waals surface area (Å²) in [6, 6.07) is 15.9. The van der Waals surface area contributed by atoms with Gasteiger partial charge < -0.3 is 5.32 Å². The molecule has 0 unspecified atom stereocenters. The van der Waals surface area contributed by atoms with E-state index in [-0.39, 0.29) is 34.8 Å². The van der Waals surface area contributed by atoms with Crippen LogP contribution in [0.2, 0.25) is 0 Å². The van der Waals surface area contributed by atoms with Crippen molar-refractivity contribution in [3.63, 3.8) is 0 Å². The van der Waals surface area contributed by atoms with Crippen LogP contribution in [0.15, 0.2) is 64.5 Å². The molecule has 1 fully saturated rings. The molecule has 4 aromatic rings. The van der Waals surface area contributed by atoms with Gasteiger partial charge >= 0.3 is 0 Å². The summed E-state index contributed by atoms with van der Waals surface area (Å²) in [4.78, 5) is 25.8. The maximum Gasteiger partial charge on any atom is 0.295 e. The Labute approximate surface area is 199 Å². The number of rotatable bonds is 7. The van der Waals surface area contributed by atoms with Crippen molar-refractivity contribution >= 4 is 23.4 Å². The van der Waals surface area contributed by atoms with E-state index in [4.69, 9.17) is 0 Å². The summed E-state index contributed by atoms with van der Waals surface area (Å²) in [5, 5.41) is 11.8. The van der Waals surface area contributed by atoms with Crippen LogP contribution in [0.5, 0.6) is 0 Å². The lowest BCUT2D eigenvalue weighted by Gasteiger charge is -2.09. The van der Waals surface area contributed by atoms with E-state index in [0.717, 1.165) is 12.8 Å². The molecule has 1 aliphatic carbocycles. The van der Waals surface area contributed by atoms with Gasteiger partial charge in [-0.15, -0.1) is 10.2 Å². The summed E-state index contributed by atoms with van der Waals surface area (Å²) in [6.07, 6.45) is 1.92. The number of aromatic nitrogens is 5. The second-order valence-corrected chi connectivity index (χ2v) is 9.10. The fourth-order valence-electron chi connectivity index (χ4n) is 3.88. The molecule has 0 spiro atoms. The number of nitrogens with one attached hydrogen (secondary N) is 1. The summed E-state index contributed by atoms with van der Waals surface area (Å²) in [5.41, 5.74) is 1.70. The van der Waals surface area contributed by atoms with Gasteiger partial charge in [-0.2, -0.15) is 0 Å². The molecule has 2 aromatic heterocycles. The maximum absolute atomic E-state index is 14.4. The zero-order valence-electron chi connectivity index (χ0n) is 18.7. The molecule has 1 aliphatic rings.